The van der Waals surface area contributed by atoms with Crippen LogP contribution in [0.4, 0.5) is 4.79 Å². The number of carbonyl (C=O) groups excluding carboxylic acids is 1. The number of hydrogen-bond acceptors (Lipinski definition) is 4. The van der Waals surface area contributed by atoms with Crippen LogP contribution < -0.4 is 10.6 Å². The molecule has 0 bridgehead atoms. The second kappa shape index (κ2) is 7.31. The van der Waals surface area contributed by atoms with Crippen molar-refractivity contribution in [1.29, 1.82) is 0 Å². The quantitative estimate of drug-likeness (QED) is 0.784. The third kappa shape index (κ3) is 3.84. The van der Waals surface area contributed by atoms with E-state index in [0.29, 0.717) is 19.8 Å². The number of aromatic amines is 1. The van der Waals surface area contributed by atoms with Gasteiger partial charge in [-0.05, 0) is 25.3 Å². The van der Waals surface area contributed by atoms with Gasteiger partial charge in [0.2, 0.25) is 0 Å². The van der Waals surface area contributed by atoms with E-state index in [4.69, 9.17) is 9.47 Å². The van der Waals surface area contributed by atoms with Gasteiger partial charge in [-0.1, -0.05) is 6.92 Å². The molecule has 3 N–H and O–H groups in total. The lowest BCUT2D eigenvalue weighted by atomic mass is 9.82. The summed E-state index contributed by atoms with van der Waals surface area (Å²) in [5.74, 6) is 0. The number of nitrogens with zero attached hydrogens (tertiary/aromatic N) is 1. The van der Waals surface area contributed by atoms with E-state index in [1.54, 1.807) is 0 Å². The fraction of sp³-hybridized carbons (Fsp3) is 0.750. The summed E-state index contributed by atoms with van der Waals surface area (Å²) in [5, 5.41) is 13.1. The van der Waals surface area contributed by atoms with Crippen LogP contribution in [0, 0.1) is 0 Å². The zero-order chi connectivity index (χ0) is 16.1. The second-order valence-corrected chi connectivity index (χ2v) is 6.29. The Labute approximate surface area is 136 Å². The molecule has 1 atom stereocenters. The van der Waals surface area contributed by atoms with Crippen molar-refractivity contribution in [1.82, 2.24) is 20.8 Å². The molecule has 7 heteroatoms. The van der Waals surface area contributed by atoms with E-state index >= 15 is 0 Å². The highest BCUT2D eigenvalue weighted by atomic mass is 16.5. The summed E-state index contributed by atoms with van der Waals surface area (Å²) in [6, 6.07) is 1.87. The Morgan fingerprint density at radius 2 is 2.26 bits per heavy atom. The summed E-state index contributed by atoms with van der Waals surface area (Å²) in [7, 11) is 0. The fourth-order valence-corrected chi connectivity index (χ4v) is 3.41. The van der Waals surface area contributed by atoms with Crippen LogP contribution in [0.2, 0.25) is 0 Å². The first-order valence-corrected chi connectivity index (χ1v) is 8.51. The van der Waals surface area contributed by atoms with Crippen molar-refractivity contribution in [3.05, 3.63) is 17.5 Å². The molecule has 2 aliphatic rings. The van der Waals surface area contributed by atoms with Crippen LogP contribution in [0.15, 0.2) is 6.07 Å². The first-order valence-electron chi connectivity index (χ1n) is 8.51. The lowest BCUT2D eigenvalue weighted by molar-refractivity contribution is -0.148. The number of ether oxygens (including phenoxy) is 2. The number of urea groups is 1. The monoisotopic (exact) mass is 322 g/mol. The van der Waals surface area contributed by atoms with E-state index in [1.165, 1.54) is 0 Å². The van der Waals surface area contributed by atoms with Gasteiger partial charge < -0.3 is 20.1 Å². The molecule has 0 saturated carbocycles. The highest BCUT2D eigenvalue weighted by Gasteiger charge is 2.44. The van der Waals surface area contributed by atoms with Crippen LogP contribution in [0.25, 0.3) is 0 Å². The third-order valence-corrected chi connectivity index (χ3v) is 4.79. The molecule has 7 nitrogen and oxygen atoms in total. The summed E-state index contributed by atoms with van der Waals surface area (Å²) in [6.07, 6.45) is 4.51. The number of carbonyl (C=O) groups is 1. The molecule has 3 heterocycles. The van der Waals surface area contributed by atoms with E-state index in [-0.39, 0.29) is 17.7 Å². The third-order valence-electron chi connectivity index (χ3n) is 4.79. The van der Waals surface area contributed by atoms with E-state index < -0.39 is 0 Å². The topological polar surface area (TPSA) is 88.3 Å². The van der Waals surface area contributed by atoms with Gasteiger partial charge in [0.05, 0.1) is 29.6 Å². The summed E-state index contributed by atoms with van der Waals surface area (Å²) in [5.41, 5.74) is 1.67. The van der Waals surface area contributed by atoms with Gasteiger partial charge >= 0.3 is 6.03 Å². The average molecular weight is 322 g/mol. The summed E-state index contributed by atoms with van der Waals surface area (Å²) in [4.78, 5) is 12.2. The predicted molar refractivity (Wildman–Crippen MR) is 85.1 cm³/mol. The van der Waals surface area contributed by atoms with Gasteiger partial charge in [-0.15, -0.1) is 0 Å². The smallest absolute Gasteiger partial charge is 0.315 e. The van der Waals surface area contributed by atoms with Crippen LogP contribution in [-0.4, -0.2) is 47.7 Å². The van der Waals surface area contributed by atoms with Crippen molar-refractivity contribution in [3.8, 4) is 0 Å². The molecule has 0 radical (unpaired) electrons. The molecule has 2 saturated heterocycles. The highest BCUT2D eigenvalue weighted by molar-refractivity contribution is 5.74. The maximum absolute atomic E-state index is 12.2. The van der Waals surface area contributed by atoms with E-state index in [9.17, 15) is 4.79 Å². The van der Waals surface area contributed by atoms with Crippen molar-refractivity contribution < 1.29 is 14.3 Å². The van der Waals surface area contributed by atoms with Crippen molar-refractivity contribution in [3.63, 3.8) is 0 Å². The van der Waals surface area contributed by atoms with E-state index in [0.717, 1.165) is 50.1 Å². The highest BCUT2D eigenvalue weighted by Crippen LogP contribution is 2.34. The average Bonchev–Trinajstić information content (AvgIpc) is 3.04. The molecule has 1 aromatic rings. The van der Waals surface area contributed by atoms with Gasteiger partial charge in [-0.25, -0.2) is 4.79 Å². The molecule has 128 valence electrons. The summed E-state index contributed by atoms with van der Waals surface area (Å²) >= 11 is 0. The largest absolute Gasteiger partial charge is 0.381 e. The van der Waals surface area contributed by atoms with Crippen LogP contribution in [-0.2, 0) is 22.4 Å². The lowest BCUT2D eigenvalue weighted by Gasteiger charge is -2.46. The van der Waals surface area contributed by atoms with Gasteiger partial charge in [0.15, 0.2) is 0 Å². The first-order chi connectivity index (χ1) is 11.2. The molecule has 0 aliphatic carbocycles. The van der Waals surface area contributed by atoms with Gasteiger partial charge in [-0.3, -0.25) is 5.10 Å². The molecule has 1 unspecified atom stereocenters. The maximum Gasteiger partial charge on any atom is 0.315 e. The molecule has 2 aliphatic heterocycles. The van der Waals surface area contributed by atoms with E-state index in [1.807, 2.05) is 6.07 Å². The molecular weight excluding hydrogens is 296 g/mol. The molecular formula is C16H26N4O3. The summed E-state index contributed by atoms with van der Waals surface area (Å²) < 4.78 is 11.5. The minimum atomic E-state index is -0.253. The molecule has 1 spiro atoms. The number of aryl methyl sites for hydroxylation is 1. The fourth-order valence-electron chi connectivity index (χ4n) is 3.41. The molecule has 0 aromatic carbocycles. The first kappa shape index (κ1) is 16.3. The van der Waals surface area contributed by atoms with Crippen molar-refractivity contribution in [2.24, 2.45) is 0 Å². The number of amides is 2. The standard InChI is InChI=1S/C16H26N4O3/c1-2-12-10-13(20-19-12)11-17-15(21)18-14-4-3-7-23-16(14)5-8-22-9-6-16/h10,14H,2-9,11H2,1H3,(H,19,20)(H2,17,18,21). The lowest BCUT2D eigenvalue weighted by Crippen LogP contribution is -2.60. The summed E-state index contributed by atoms with van der Waals surface area (Å²) in [6.45, 7) is 4.67. The zero-order valence-electron chi connectivity index (χ0n) is 13.7. The van der Waals surface area contributed by atoms with Crippen LogP contribution in [0.5, 0.6) is 0 Å². The molecule has 23 heavy (non-hydrogen) atoms. The normalized spacial score (nSPS) is 23.6. The number of hydrogen-bond donors (Lipinski definition) is 3. The van der Waals surface area contributed by atoms with Crippen LogP contribution in [0.1, 0.15) is 44.0 Å². The molecule has 2 fully saturated rings. The Hall–Kier alpha value is -1.60. The second-order valence-electron chi connectivity index (χ2n) is 6.29. The number of rotatable bonds is 4. The van der Waals surface area contributed by atoms with Crippen LogP contribution >= 0.6 is 0 Å². The van der Waals surface area contributed by atoms with Crippen molar-refractivity contribution in [2.45, 2.75) is 57.2 Å². The Kier molecular flexibility index (Phi) is 5.17. The van der Waals surface area contributed by atoms with Crippen LogP contribution in [0.3, 0.4) is 0 Å². The Morgan fingerprint density at radius 1 is 1.43 bits per heavy atom. The SMILES string of the molecule is CCc1cc(CNC(=O)NC2CCCOC23CCOCC3)[nH]n1. The Bertz CT molecular complexity index is 517. The Morgan fingerprint density at radius 3 is 3.00 bits per heavy atom. The Balaban J connectivity index is 1.53. The van der Waals surface area contributed by atoms with Crippen molar-refractivity contribution in [2.75, 3.05) is 19.8 Å². The predicted octanol–water partition coefficient (Wildman–Crippen LogP) is 1.50. The molecule has 3 rings (SSSR count). The number of nitrogens with one attached hydrogen (secondary N) is 3. The minimum absolute atomic E-state index is 0.0492. The number of aromatic nitrogens is 2. The van der Waals surface area contributed by atoms with Gasteiger partial charge in [0.25, 0.3) is 0 Å². The van der Waals surface area contributed by atoms with Gasteiger partial charge in [0, 0.05) is 32.7 Å². The maximum atomic E-state index is 12.2. The van der Waals surface area contributed by atoms with Crippen molar-refractivity contribution >= 4 is 6.03 Å². The molecule has 1 aromatic heterocycles. The zero-order valence-corrected chi connectivity index (χ0v) is 13.7. The number of H-pyrrole nitrogens is 1. The van der Waals surface area contributed by atoms with Gasteiger partial charge in [0.1, 0.15) is 0 Å². The van der Waals surface area contributed by atoms with E-state index in [2.05, 4.69) is 27.8 Å². The minimum Gasteiger partial charge on any atom is -0.381 e. The van der Waals surface area contributed by atoms with Gasteiger partial charge in [-0.2, -0.15) is 5.10 Å². The molecule has 2 amide bonds.